The molecule has 1 amide bonds. The minimum Gasteiger partial charge on any atom is -0.493 e. The summed E-state index contributed by atoms with van der Waals surface area (Å²) in [5.41, 5.74) is 2.41. The van der Waals surface area contributed by atoms with Gasteiger partial charge in [0.15, 0.2) is 11.5 Å². The standard InChI is InChI=1S/C24H29NO6/c1-14(2)23(27)31-24(3,4)13-30-20-17(9-10-19(28-5)21(20)29-6)15-7-8-18-16(11-15)12-25-22(18)26/h7-11,14H,12-13H2,1-6H3,(H,25,26). The summed E-state index contributed by atoms with van der Waals surface area (Å²) < 4.78 is 22.8. The molecule has 0 bridgehead atoms. The van der Waals surface area contributed by atoms with Crippen LogP contribution in [0.3, 0.4) is 0 Å². The highest BCUT2D eigenvalue weighted by molar-refractivity contribution is 5.99. The molecular formula is C24H29NO6. The van der Waals surface area contributed by atoms with Crippen molar-refractivity contribution in [3.8, 4) is 28.4 Å². The average molecular weight is 427 g/mol. The molecule has 0 aliphatic carbocycles. The van der Waals surface area contributed by atoms with Gasteiger partial charge in [-0.15, -0.1) is 0 Å². The number of rotatable bonds is 8. The number of nitrogens with one attached hydrogen (secondary N) is 1. The molecule has 1 N–H and O–H groups in total. The molecule has 31 heavy (non-hydrogen) atoms. The minimum atomic E-state index is -0.846. The Labute approximate surface area is 182 Å². The van der Waals surface area contributed by atoms with Crippen LogP contribution in [-0.4, -0.2) is 38.3 Å². The maximum absolute atomic E-state index is 12.1. The zero-order valence-electron chi connectivity index (χ0n) is 18.8. The second-order valence-corrected chi connectivity index (χ2v) is 8.36. The first-order valence-corrected chi connectivity index (χ1v) is 10.2. The summed E-state index contributed by atoms with van der Waals surface area (Å²) in [5.74, 6) is 0.856. The van der Waals surface area contributed by atoms with Gasteiger partial charge in [0.1, 0.15) is 12.2 Å². The van der Waals surface area contributed by atoms with Gasteiger partial charge in [0.05, 0.1) is 20.1 Å². The molecule has 0 fully saturated rings. The van der Waals surface area contributed by atoms with Crippen LogP contribution < -0.4 is 19.5 Å². The van der Waals surface area contributed by atoms with Crippen molar-refractivity contribution in [1.29, 1.82) is 0 Å². The first kappa shape index (κ1) is 22.5. The molecule has 0 radical (unpaired) electrons. The number of carbonyl (C=O) groups excluding carboxylic acids is 2. The van der Waals surface area contributed by atoms with Gasteiger partial charge in [0.25, 0.3) is 5.91 Å². The Morgan fingerprint density at radius 2 is 1.77 bits per heavy atom. The monoisotopic (exact) mass is 427 g/mol. The zero-order valence-corrected chi connectivity index (χ0v) is 18.8. The smallest absolute Gasteiger partial charge is 0.309 e. The third-order valence-electron chi connectivity index (χ3n) is 5.01. The number of esters is 1. The van der Waals surface area contributed by atoms with E-state index in [2.05, 4.69) is 5.32 Å². The van der Waals surface area contributed by atoms with Gasteiger partial charge in [-0.25, -0.2) is 0 Å². The highest BCUT2D eigenvalue weighted by atomic mass is 16.6. The van der Waals surface area contributed by atoms with Crippen LogP contribution in [0.4, 0.5) is 0 Å². The number of amides is 1. The summed E-state index contributed by atoms with van der Waals surface area (Å²) in [5, 5.41) is 2.83. The van der Waals surface area contributed by atoms with Crippen molar-refractivity contribution in [2.45, 2.75) is 39.8 Å². The molecular weight excluding hydrogens is 398 g/mol. The van der Waals surface area contributed by atoms with Gasteiger partial charge in [0.2, 0.25) is 5.75 Å². The number of benzene rings is 2. The van der Waals surface area contributed by atoms with Crippen LogP contribution in [0.25, 0.3) is 11.1 Å². The van der Waals surface area contributed by atoms with E-state index in [1.54, 1.807) is 41.9 Å². The van der Waals surface area contributed by atoms with Crippen molar-refractivity contribution in [2.24, 2.45) is 5.92 Å². The van der Waals surface area contributed by atoms with Crippen molar-refractivity contribution in [3.63, 3.8) is 0 Å². The molecule has 7 heteroatoms. The molecule has 0 unspecified atom stereocenters. The van der Waals surface area contributed by atoms with Gasteiger partial charge >= 0.3 is 5.97 Å². The lowest BCUT2D eigenvalue weighted by atomic mass is 9.99. The van der Waals surface area contributed by atoms with Crippen molar-refractivity contribution in [1.82, 2.24) is 5.32 Å². The van der Waals surface area contributed by atoms with Gasteiger partial charge in [0, 0.05) is 17.7 Å². The molecule has 3 rings (SSSR count). The molecule has 0 aromatic heterocycles. The Kier molecular flexibility index (Phi) is 6.43. The van der Waals surface area contributed by atoms with Crippen LogP contribution in [0.5, 0.6) is 17.2 Å². The minimum absolute atomic E-state index is 0.0703. The number of fused-ring (bicyclic) bond motifs is 1. The fourth-order valence-corrected chi connectivity index (χ4v) is 3.33. The molecule has 2 aromatic rings. The summed E-state index contributed by atoms with van der Waals surface area (Å²) in [7, 11) is 3.10. The lowest BCUT2D eigenvalue weighted by Gasteiger charge is -2.27. The Bertz CT molecular complexity index is 996. The highest BCUT2D eigenvalue weighted by Gasteiger charge is 2.28. The summed E-state index contributed by atoms with van der Waals surface area (Å²) in [4.78, 5) is 24.0. The van der Waals surface area contributed by atoms with Crippen LogP contribution in [0, 0.1) is 5.92 Å². The van der Waals surface area contributed by atoms with Crippen molar-refractivity contribution in [2.75, 3.05) is 20.8 Å². The maximum atomic E-state index is 12.1. The molecule has 7 nitrogen and oxygen atoms in total. The van der Waals surface area contributed by atoms with E-state index in [0.717, 1.165) is 16.7 Å². The molecule has 0 spiro atoms. The van der Waals surface area contributed by atoms with Crippen LogP contribution in [0.15, 0.2) is 30.3 Å². The lowest BCUT2D eigenvalue weighted by Crippen LogP contribution is -2.36. The Hall–Kier alpha value is -3.22. The lowest BCUT2D eigenvalue weighted by molar-refractivity contribution is -0.163. The fourth-order valence-electron chi connectivity index (χ4n) is 3.33. The SMILES string of the molecule is COc1ccc(-c2ccc3c(c2)CNC3=O)c(OCC(C)(C)OC(=O)C(C)C)c1OC. The van der Waals surface area contributed by atoms with Crippen LogP contribution in [0.2, 0.25) is 0 Å². The normalized spacial score (nSPS) is 12.9. The molecule has 0 saturated carbocycles. The van der Waals surface area contributed by atoms with E-state index in [4.69, 9.17) is 18.9 Å². The maximum Gasteiger partial charge on any atom is 0.309 e. The average Bonchev–Trinajstić information content (AvgIpc) is 3.11. The zero-order chi connectivity index (χ0) is 22.8. The Morgan fingerprint density at radius 3 is 2.42 bits per heavy atom. The van der Waals surface area contributed by atoms with E-state index in [9.17, 15) is 9.59 Å². The second kappa shape index (κ2) is 8.88. The highest BCUT2D eigenvalue weighted by Crippen LogP contribution is 2.45. The van der Waals surface area contributed by atoms with E-state index in [-0.39, 0.29) is 24.4 Å². The van der Waals surface area contributed by atoms with Crippen LogP contribution in [-0.2, 0) is 16.1 Å². The van der Waals surface area contributed by atoms with Gasteiger partial charge in [-0.1, -0.05) is 19.9 Å². The third kappa shape index (κ3) is 4.76. The molecule has 0 saturated heterocycles. The van der Waals surface area contributed by atoms with Crippen molar-refractivity contribution >= 4 is 11.9 Å². The fraction of sp³-hybridized carbons (Fsp3) is 0.417. The molecule has 1 aliphatic rings. The molecule has 166 valence electrons. The number of ether oxygens (including phenoxy) is 4. The number of carbonyl (C=O) groups is 2. The first-order valence-electron chi connectivity index (χ1n) is 10.2. The Morgan fingerprint density at radius 1 is 1.06 bits per heavy atom. The Balaban J connectivity index is 1.98. The first-order chi connectivity index (χ1) is 14.7. The van der Waals surface area contributed by atoms with Crippen molar-refractivity contribution in [3.05, 3.63) is 41.5 Å². The van der Waals surface area contributed by atoms with E-state index in [0.29, 0.717) is 29.4 Å². The largest absolute Gasteiger partial charge is 0.493 e. The third-order valence-corrected chi connectivity index (χ3v) is 5.01. The molecule has 1 aliphatic heterocycles. The molecule has 1 heterocycles. The predicted molar refractivity (Wildman–Crippen MR) is 117 cm³/mol. The quantitative estimate of drug-likeness (QED) is 0.642. The van der Waals surface area contributed by atoms with Gasteiger partial charge in [-0.2, -0.15) is 0 Å². The van der Waals surface area contributed by atoms with Crippen molar-refractivity contribution < 1.29 is 28.5 Å². The van der Waals surface area contributed by atoms with Gasteiger partial charge < -0.3 is 24.3 Å². The topological polar surface area (TPSA) is 83.1 Å². The van der Waals surface area contributed by atoms with E-state index in [1.807, 2.05) is 30.3 Å². The summed E-state index contributed by atoms with van der Waals surface area (Å²) in [6.07, 6.45) is 0. The second-order valence-electron chi connectivity index (χ2n) is 8.36. The predicted octanol–water partition coefficient (Wildman–Crippen LogP) is 3.97. The summed E-state index contributed by atoms with van der Waals surface area (Å²) >= 11 is 0. The van der Waals surface area contributed by atoms with E-state index in [1.165, 1.54) is 0 Å². The van der Waals surface area contributed by atoms with Gasteiger partial charge in [-0.3, -0.25) is 9.59 Å². The molecule has 0 atom stereocenters. The van der Waals surface area contributed by atoms with E-state index >= 15 is 0 Å². The summed E-state index contributed by atoms with van der Waals surface area (Å²) in [6, 6.07) is 9.34. The van der Waals surface area contributed by atoms with Crippen LogP contribution >= 0.6 is 0 Å². The number of hydrogen-bond donors (Lipinski definition) is 1. The molecule has 2 aromatic carbocycles. The van der Waals surface area contributed by atoms with Gasteiger partial charge in [-0.05, 0) is 49.2 Å². The summed E-state index contributed by atoms with van der Waals surface area (Å²) in [6.45, 7) is 7.78. The number of hydrogen-bond acceptors (Lipinski definition) is 6. The van der Waals surface area contributed by atoms with Crippen LogP contribution in [0.1, 0.15) is 43.6 Å². The number of methoxy groups -OCH3 is 2. The van der Waals surface area contributed by atoms with E-state index < -0.39 is 5.60 Å².